The van der Waals surface area contributed by atoms with Gasteiger partial charge in [0.15, 0.2) is 0 Å². The summed E-state index contributed by atoms with van der Waals surface area (Å²) in [6, 6.07) is 5.52. The fourth-order valence-corrected chi connectivity index (χ4v) is 2.82. The van der Waals surface area contributed by atoms with Gasteiger partial charge in [0.2, 0.25) is 11.9 Å². The van der Waals surface area contributed by atoms with E-state index in [2.05, 4.69) is 10.3 Å². The minimum Gasteiger partial charge on any atom is -0.378 e. The van der Waals surface area contributed by atoms with Gasteiger partial charge < -0.3 is 15.0 Å². The summed E-state index contributed by atoms with van der Waals surface area (Å²) in [6.07, 6.45) is 1.20. The molecule has 0 saturated carbocycles. The molecule has 0 atom stereocenters. The number of morpholine rings is 1. The summed E-state index contributed by atoms with van der Waals surface area (Å²) in [4.78, 5) is 30.9. The quantitative estimate of drug-likeness (QED) is 0.845. The van der Waals surface area contributed by atoms with E-state index in [1.165, 1.54) is 18.3 Å². The molecule has 1 aliphatic rings. The molecule has 1 N–H and O–H groups in total. The third-order valence-corrected chi connectivity index (χ3v) is 4.24. The van der Waals surface area contributed by atoms with Gasteiger partial charge in [-0.3, -0.25) is 14.2 Å². The Balaban J connectivity index is 1.87. The van der Waals surface area contributed by atoms with E-state index in [9.17, 15) is 14.0 Å². The van der Waals surface area contributed by atoms with Crippen LogP contribution in [0.4, 0.5) is 16.0 Å². The summed E-state index contributed by atoms with van der Waals surface area (Å²) in [6.45, 7) is 1.59. The highest BCUT2D eigenvalue weighted by Crippen LogP contribution is 2.19. The van der Waals surface area contributed by atoms with Crippen molar-refractivity contribution in [2.24, 2.45) is 0 Å². The summed E-state index contributed by atoms with van der Waals surface area (Å²) in [7, 11) is 0. The van der Waals surface area contributed by atoms with Gasteiger partial charge in [-0.05, 0) is 18.2 Å². The van der Waals surface area contributed by atoms with Crippen molar-refractivity contribution in [1.29, 1.82) is 5.26 Å². The molecule has 1 aliphatic heterocycles. The zero-order valence-corrected chi connectivity index (χ0v) is 14.9. The molecule has 0 unspecified atom stereocenters. The second-order valence-electron chi connectivity index (χ2n) is 5.75. The van der Waals surface area contributed by atoms with E-state index in [1.807, 2.05) is 4.90 Å². The Kier molecular flexibility index (Phi) is 5.69. The SMILES string of the molecule is N#Cc1cnc(N2CCOCC2)n(CC(=O)Nc2ccc(F)c(Cl)c2)c1=O. The third-order valence-electron chi connectivity index (χ3n) is 3.95. The molecule has 0 bridgehead atoms. The lowest BCUT2D eigenvalue weighted by Gasteiger charge is -2.29. The van der Waals surface area contributed by atoms with Gasteiger partial charge in [0.05, 0.1) is 24.4 Å². The van der Waals surface area contributed by atoms with Crippen LogP contribution in [0.15, 0.2) is 29.2 Å². The number of carbonyl (C=O) groups is 1. The maximum Gasteiger partial charge on any atom is 0.273 e. The van der Waals surface area contributed by atoms with Gasteiger partial charge in [-0.25, -0.2) is 9.37 Å². The Bertz CT molecular complexity index is 966. The highest BCUT2D eigenvalue weighted by atomic mass is 35.5. The molecule has 10 heteroatoms. The number of benzene rings is 1. The monoisotopic (exact) mass is 391 g/mol. The summed E-state index contributed by atoms with van der Waals surface area (Å²) >= 11 is 5.70. The van der Waals surface area contributed by atoms with Gasteiger partial charge in [0.1, 0.15) is 24.0 Å². The molecule has 8 nitrogen and oxygen atoms in total. The van der Waals surface area contributed by atoms with Crippen molar-refractivity contribution in [2.45, 2.75) is 6.54 Å². The van der Waals surface area contributed by atoms with Crippen LogP contribution in [0.25, 0.3) is 0 Å². The van der Waals surface area contributed by atoms with Gasteiger partial charge in [0, 0.05) is 18.8 Å². The zero-order valence-electron chi connectivity index (χ0n) is 14.1. The van der Waals surface area contributed by atoms with Crippen molar-refractivity contribution < 1.29 is 13.9 Å². The number of nitrogens with zero attached hydrogens (tertiary/aromatic N) is 4. The lowest BCUT2D eigenvalue weighted by Crippen LogP contribution is -2.42. The summed E-state index contributed by atoms with van der Waals surface area (Å²) < 4.78 is 19.7. The molecule has 2 heterocycles. The number of anilines is 2. The largest absolute Gasteiger partial charge is 0.378 e. The third kappa shape index (κ3) is 4.24. The van der Waals surface area contributed by atoms with Crippen molar-refractivity contribution >= 4 is 29.1 Å². The average Bonchev–Trinajstić information content (AvgIpc) is 2.67. The van der Waals surface area contributed by atoms with Crippen LogP contribution in [0.5, 0.6) is 0 Å². The zero-order chi connectivity index (χ0) is 19.4. The molecule has 0 radical (unpaired) electrons. The van der Waals surface area contributed by atoms with Crippen LogP contribution in [0.2, 0.25) is 5.02 Å². The van der Waals surface area contributed by atoms with E-state index in [1.54, 1.807) is 6.07 Å². The second-order valence-corrected chi connectivity index (χ2v) is 6.16. The average molecular weight is 392 g/mol. The molecular weight excluding hydrogens is 377 g/mol. The smallest absolute Gasteiger partial charge is 0.273 e. The number of rotatable bonds is 4. The van der Waals surface area contributed by atoms with Gasteiger partial charge in [-0.2, -0.15) is 5.26 Å². The Morgan fingerprint density at radius 3 is 2.81 bits per heavy atom. The Labute approximate surface area is 158 Å². The van der Waals surface area contributed by atoms with Crippen LogP contribution >= 0.6 is 11.6 Å². The van der Waals surface area contributed by atoms with Crippen molar-refractivity contribution in [2.75, 3.05) is 36.5 Å². The van der Waals surface area contributed by atoms with Crippen molar-refractivity contribution in [1.82, 2.24) is 9.55 Å². The summed E-state index contributed by atoms with van der Waals surface area (Å²) in [5.74, 6) is -0.854. The molecule has 1 fully saturated rings. The molecule has 1 aromatic heterocycles. The molecule has 27 heavy (non-hydrogen) atoms. The van der Waals surface area contributed by atoms with Gasteiger partial charge >= 0.3 is 0 Å². The number of hydrogen-bond acceptors (Lipinski definition) is 6. The lowest BCUT2D eigenvalue weighted by atomic mass is 10.3. The fourth-order valence-electron chi connectivity index (χ4n) is 2.64. The topological polar surface area (TPSA) is 100 Å². The standard InChI is InChI=1S/C17H15ClFN5O3/c18-13-7-12(1-2-14(13)19)22-15(25)10-24-16(26)11(8-20)9-21-17(24)23-3-5-27-6-4-23/h1-2,7,9H,3-6,10H2,(H,22,25). The van der Waals surface area contributed by atoms with Crippen LogP contribution in [0.3, 0.4) is 0 Å². The van der Waals surface area contributed by atoms with Crippen LogP contribution in [-0.4, -0.2) is 41.8 Å². The van der Waals surface area contributed by atoms with Gasteiger partial charge in [-0.15, -0.1) is 0 Å². The number of aromatic nitrogens is 2. The fraction of sp³-hybridized carbons (Fsp3) is 0.294. The van der Waals surface area contributed by atoms with Crippen LogP contribution in [0.1, 0.15) is 5.56 Å². The normalized spacial score (nSPS) is 13.9. The molecule has 0 aliphatic carbocycles. The number of nitrogens with one attached hydrogen (secondary N) is 1. The first-order valence-electron chi connectivity index (χ1n) is 8.07. The molecule has 1 amide bonds. The van der Waals surface area contributed by atoms with E-state index in [0.29, 0.717) is 26.3 Å². The summed E-state index contributed by atoms with van der Waals surface area (Å²) in [5, 5.41) is 11.5. The Morgan fingerprint density at radius 1 is 1.41 bits per heavy atom. The number of amides is 1. The minimum absolute atomic E-state index is 0.132. The number of carbonyl (C=O) groups excluding carboxylic acids is 1. The second kappa shape index (κ2) is 8.16. The number of halogens is 2. The highest BCUT2D eigenvalue weighted by molar-refractivity contribution is 6.31. The first kappa shape index (κ1) is 18.8. The predicted molar refractivity (Wildman–Crippen MR) is 96.3 cm³/mol. The molecule has 1 aromatic carbocycles. The van der Waals surface area contributed by atoms with Crippen LogP contribution in [-0.2, 0) is 16.1 Å². The van der Waals surface area contributed by atoms with E-state index in [0.717, 1.165) is 10.6 Å². The first-order valence-corrected chi connectivity index (χ1v) is 8.45. The Hall–Kier alpha value is -2.96. The highest BCUT2D eigenvalue weighted by Gasteiger charge is 2.20. The lowest BCUT2D eigenvalue weighted by molar-refractivity contribution is -0.116. The number of nitriles is 1. The molecule has 140 valence electrons. The van der Waals surface area contributed by atoms with Crippen molar-refractivity contribution in [3.05, 3.63) is 51.2 Å². The number of ether oxygens (including phenoxy) is 1. The number of hydrogen-bond donors (Lipinski definition) is 1. The van der Waals surface area contributed by atoms with E-state index >= 15 is 0 Å². The van der Waals surface area contributed by atoms with Crippen LogP contribution < -0.4 is 15.8 Å². The maximum absolute atomic E-state index is 13.2. The maximum atomic E-state index is 13.2. The minimum atomic E-state index is -0.610. The van der Waals surface area contributed by atoms with E-state index < -0.39 is 17.3 Å². The van der Waals surface area contributed by atoms with Crippen molar-refractivity contribution in [3.63, 3.8) is 0 Å². The van der Waals surface area contributed by atoms with Crippen LogP contribution in [0, 0.1) is 17.1 Å². The van der Waals surface area contributed by atoms with Crippen molar-refractivity contribution in [3.8, 4) is 6.07 Å². The van der Waals surface area contributed by atoms with E-state index in [4.69, 9.17) is 21.6 Å². The van der Waals surface area contributed by atoms with Gasteiger partial charge in [-0.1, -0.05) is 11.6 Å². The molecule has 0 spiro atoms. The predicted octanol–water partition coefficient (Wildman–Crippen LogP) is 1.38. The summed E-state index contributed by atoms with van der Waals surface area (Å²) in [5.41, 5.74) is -0.484. The first-order chi connectivity index (χ1) is 13.0. The molecule has 3 rings (SSSR count). The Morgan fingerprint density at radius 2 is 2.15 bits per heavy atom. The molecule has 2 aromatic rings. The molecule has 1 saturated heterocycles. The van der Waals surface area contributed by atoms with E-state index in [-0.39, 0.29) is 28.8 Å². The van der Waals surface area contributed by atoms with Gasteiger partial charge in [0.25, 0.3) is 5.56 Å². The molecular formula is C17H15ClFN5O3.